The number of nitrogens with zero attached hydrogens (tertiary/aromatic N) is 1. The predicted molar refractivity (Wildman–Crippen MR) is 111 cm³/mol. The summed E-state index contributed by atoms with van der Waals surface area (Å²) in [5.41, 5.74) is 8.44. The summed E-state index contributed by atoms with van der Waals surface area (Å²) in [5.74, 6) is 0.117. The van der Waals surface area contributed by atoms with E-state index in [9.17, 15) is 4.79 Å². The molecule has 3 nitrogen and oxygen atoms in total. The van der Waals surface area contributed by atoms with Crippen molar-refractivity contribution < 1.29 is 4.79 Å². The van der Waals surface area contributed by atoms with Crippen molar-refractivity contribution >= 4 is 45.2 Å². The van der Waals surface area contributed by atoms with Crippen molar-refractivity contribution in [2.45, 2.75) is 23.5 Å². The van der Waals surface area contributed by atoms with E-state index in [1.54, 1.807) is 11.8 Å². The molecule has 4 aromatic rings. The number of hydrogen-bond acceptors (Lipinski definition) is 3. The van der Waals surface area contributed by atoms with Crippen molar-refractivity contribution in [2.24, 2.45) is 0 Å². The molecule has 0 saturated heterocycles. The average molecular weight is 360 g/mol. The number of anilines is 1. The molecule has 0 bridgehead atoms. The summed E-state index contributed by atoms with van der Waals surface area (Å²) in [6, 6.07) is 23.9. The minimum atomic E-state index is -0.155. The standard InChI is InChI=1S/C22H20N2OS/c1-2-21(26-16-13-11-15(23)12-14-16)22(25)24-19-9-5-3-7-17(19)18-8-4-6-10-20(18)24/h3-14,21H,2,23H2,1H3. The highest BCUT2D eigenvalue weighted by Crippen LogP contribution is 2.33. The van der Waals surface area contributed by atoms with Gasteiger partial charge >= 0.3 is 0 Å². The van der Waals surface area contributed by atoms with Crippen LogP contribution in [0.1, 0.15) is 18.1 Å². The van der Waals surface area contributed by atoms with Crippen LogP contribution < -0.4 is 5.73 Å². The van der Waals surface area contributed by atoms with Gasteiger partial charge in [-0.2, -0.15) is 0 Å². The van der Waals surface area contributed by atoms with Crippen molar-refractivity contribution in [3.8, 4) is 0 Å². The predicted octanol–water partition coefficient (Wildman–Crippen LogP) is 5.59. The summed E-state index contributed by atoms with van der Waals surface area (Å²) in [5, 5.41) is 2.07. The molecule has 0 amide bonds. The maximum atomic E-state index is 13.5. The van der Waals surface area contributed by atoms with Gasteiger partial charge in [0.25, 0.3) is 0 Å². The van der Waals surface area contributed by atoms with Gasteiger partial charge in [0, 0.05) is 21.4 Å². The molecule has 0 radical (unpaired) electrons. The molecule has 1 atom stereocenters. The van der Waals surface area contributed by atoms with Gasteiger partial charge in [-0.1, -0.05) is 43.3 Å². The zero-order chi connectivity index (χ0) is 18.1. The van der Waals surface area contributed by atoms with Gasteiger partial charge in [0.15, 0.2) is 0 Å². The quantitative estimate of drug-likeness (QED) is 0.381. The van der Waals surface area contributed by atoms with Crippen molar-refractivity contribution in [3.63, 3.8) is 0 Å². The highest BCUT2D eigenvalue weighted by atomic mass is 32.2. The van der Waals surface area contributed by atoms with E-state index in [-0.39, 0.29) is 11.2 Å². The fourth-order valence-corrected chi connectivity index (χ4v) is 4.32. The van der Waals surface area contributed by atoms with E-state index >= 15 is 0 Å². The molecule has 1 unspecified atom stereocenters. The average Bonchev–Trinajstić information content (AvgIpc) is 3.01. The lowest BCUT2D eigenvalue weighted by Crippen LogP contribution is -2.23. The molecule has 0 aliphatic rings. The molecule has 130 valence electrons. The number of rotatable bonds is 4. The molecule has 2 N–H and O–H groups in total. The van der Waals surface area contributed by atoms with Crippen LogP contribution in [0.15, 0.2) is 77.7 Å². The Balaban J connectivity index is 1.79. The van der Waals surface area contributed by atoms with Crippen molar-refractivity contribution in [1.29, 1.82) is 0 Å². The summed E-state index contributed by atoms with van der Waals surface area (Å²) in [7, 11) is 0. The first-order valence-electron chi connectivity index (χ1n) is 8.73. The SMILES string of the molecule is CCC(Sc1ccc(N)cc1)C(=O)n1c2ccccc2c2ccccc21. The fraction of sp³-hybridized carbons (Fsp3) is 0.136. The van der Waals surface area contributed by atoms with E-state index in [0.29, 0.717) is 0 Å². The third kappa shape index (κ3) is 2.86. The molecule has 0 fully saturated rings. The largest absolute Gasteiger partial charge is 0.399 e. The summed E-state index contributed by atoms with van der Waals surface area (Å²) >= 11 is 1.59. The van der Waals surface area contributed by atoms with Gasteiger partial charge in [-0.05, 0) is 42.8 Å². The van der Waals surface area contributed by atoms with E-state index in [4.69, 9.17) is 5.73 Å². The van der Waals surface area contributed by atoms with E-state index in [1.807, 2.05) is 65.2 Å². The van der Waals surface area contributed by atoms with Crippen LogP contribution in [0.2, 0.25) is 0 Å². The zero-order valence-corrected chi connectivity index (χ0v) is 15.4. The number of benzene rings is 3. The first-order chi connectivity index (χ1) is 12.7. The molecular formula is C22H20N2OS. The third-order valence-corrected chi connectivity index (χ3v) is 5.97. The zero-order valence-electron chi connectivity index (χ0n) is 14.6. The van der Waals surface area contributed by atoms with E-state index < -0.39 is 0 Å². The van der Waals surface area contributed by atoms with E-state index in [2.05, 4.69) is 19.1 Å². The topological polar surface area (TPSA) is 48.0 Å². The fourth-order valence-electron chi connectivity index (χ4n) is 3.32. The molecule has 0 aliphatic carbocycles. The van der Waals surface area contributed by atoms with Gasteiger partial charge < -0.3 is 5.73 Å². The monoisotopic (exact) mass is 360 g/mol. The van der Waals surface area contributed by atoms with Crippen LogP contribution in [-0.4, -0.2) is 15.7 Å². The van der Waals surface area contributed by atoms with Crippen molar-refractivity contribution in [1.82, 2.24) is 4.57 Å². The first kappa shape index (κ1) is 16.7. The lowest BCUT2D eigenvalue weighted by atomic mass is 10.2. The van der Waals surface area contributed by atoms with Gasteiger partial charge in [0.1, 0.15) is 0 Å². The molecule has 1 heterocycles. The van der Waals surface area contributed by atoms with Gasteiger partial charge in [0.2, 0.25) is 5.91 Å². The van der Waals surface area contributed by atoms with Crippen molar-refractivity contribution in [2.75, 3.05) is 5.73 Å². The smallest absolute Gasteiger partial charge is 0.245 e. The Morgan fingerprint density at radius 1 is 0.923 bits per heavy atom. The minimum Gasteiger partial charge on any atom is -0.399 e. The maximum Gasteiger partial charge on any atom is 0.245 e. The number of hydrogen-bond donors (Lipinski definition) is 1. The van der Waals surface area contributed by atoms with Gasteiger partial charge in [-0.3, -0.25) is 9.36 Å². The van der Waals surface area contributed by atoms with Crippen LogP contribution in [0.25, 0.3) is 21.8 Å². The van der Waals surface area contributed by atoms with Crippen LogP contribution in [-0.2, 0) is 0 Å². The number of carbonyl (C=O) groups is 1. The van der Waals surface area contributed by atoms with Crippen molar-refractivity contribution in [3.05, 3.63) is 72.8 Å². The number of para-hydroxylation sites is 2. The molecule has 4 heteroatoms. The molecule has 0 saturated carbocycles. The second-order valence-electron chi connectivity index (χ2n) is 6.29. The Labute approximate surface area is 156 Å². The number of carbonyl (C=O) groups excluding carboxylic acids is 1. The summed E-state index contributed by atoms with van der Waals surface area (Å²) < 4.78 is 1.88. The molecule has 3 aromatic carbocycles. The molecule has 0 spiro atoms. The Morgan fingerprint density at radius 3 is 2.00 bits per heavy atom. The number of aromatic nitrogens is 1. The molecule has 26 heavy (non-hydrogen) atoms. The number of thioether (sulfide) groups is 1. The lowest BCUT2D eigenvalue weighted by molar-refractivity contribution is 0.0919. The lowest BCUT2D eigenvalue weighted by Gasteiger charge is -2.16. The normalized spacial score (nSPS) is 12.5. The van der Waals surface area contributed by atoms with Gasteiger partial charge in [0.05, 0.1) is 16.3 Å². The number of nitrogen functional groups attached to an aromatic ring is 1. The summed E-state index contributed by atoms with van der Waals surface area (Å²) in [6.07, 6.45) is 0.759. The van der Waals surface area contributed by atoms with Crippen LogP contribution >= 0.6 is 11.8 Å². The minimum absolute atomic E-state index is 0.117. The second-order valence-corrected chi connectivity index (χ2v) is 7.57. The molecular weight excluding hydrogens is 340 g/mol. The Morgan fingerprint density at radius 2 is 1.46 bits per heavy atom. The van der Waals surface area contributed by atoms with Gasteiger partial charge in [-0.15, -0.1) is 11.8 Å². The number of nitrogens with two attached hydrogens (primary N) is 1. The molecule has 1 aromatic heterocycles. The van der Waals surface area contributed by atoms with Crippen LogP contribution in [0.3, 0.4) is 0 Å². The Hall–Kier alpha value is -2.72. The van der Waals surface area contributed by atoms with Crippen LogP contribution in [0, 0.1) is 0 Å². The Bertz CT molecular complexity index is 1030. The van der Waals surface area contributed by atoms with E-state index in [0.717, 1.165) is 38.8 Å². The third-order valence-electron chi connectivity index (χ3n) is 4.61. The molecule has 0 aliphatic heterocycles. The molecule has 4 rings (SSSR count). The van der Waals surface area contributed by atoms with Gasteiger partial charge in [-0.25, -0.2) is 0 Å². The summed E-state index contributed by atoms with van der Waals surface area (Å²) in [6.45, 7) is 2.06. The number of fused-ring (bicyclic) bond motifs is 3. The summed E-state index contributed by atoms with van der Waals surface area (Å²) in [4.78, 5) is 14.5. The second kappa shape index (κ2) is 6.89. The highest BCUT2D eigenvalue weighted by Gasteiger charge is 2.23. The van der Waals surface area contributed by atoms with Crippen LogP contribution in [0.4, 0.5) is 5.69 Å². The highest BCUT2D eigenvalue weighted by molar-refractivity contribution is 8.00. The first-order valence-corrected chi connectivity index (χ1v) is 9.61. The van der Waals surface area contributed by atoms with E-state index in [1.165, 1.54) is 0 Å². The Kier molecular flexibility index (Phi) is 4.43. The maximum absolute atomic E-state index is 13.5. The van der Waals surface area contributed by atoms with Crippen LogP contribution in [0.5, 0.6) is 0 Å².